The van der Waals surface area contributed by atoms with Gasteiger partial charge in [0.1, 0.15) is 17.8 Å². The molecule has 0 saturated heterocycles. The van der Waals surface area contributed by atoms with Gasteiger partial charge in [0, 0.05) is 37.3 Å². The Morgan fingerprint density at radius 1 is 1.27 bits per heavy atom. The van der Waals surface area contributed by atoms with Crippen LogP contribution in [0.1, 0.15) is 40.3 Å². The van der Waals surface area contributed by atoms with Crippen molar-refractivity contribution in [2.45, 2.75) is 32.6 Å². The highest BCUT2D eigenvalue weighted by Gasteiger charge is 2.25. The first-order chi connectivity index (χ1) is 12.6. The average Bonchev–Trinajstić information content (AvgIpc) is 3.45. The largest absolute Gasteiger partial charge is 0.369 e. The van der Waals surface area contributed by atoms with Gasteiger partial charge in [0.25, 0.3) is 5.91 Å². The van der Waals surface area contributed by atoms with Crippen LogP contribution in [0.5, 0.6) is 0 Å². The lowest BCUT2D eigenvalue weighted by atomic mass is 10.1. The zero-order chi connectivity index (χ0) is 18.1. The number of nitrogens with zero attached hydrogens (tertiary/aromatic N) is 5. The standard InChI is InChI=1S/C18H23N7O/c1-11-8-15(24-18(19)23-11)17(26)25-6-4-13-14(5-7-25)21-10-22-16(13)20-9-12-2-3-12/h8,10,12H,2-7,9H2,1H3,(H2,19,23,24)(H,20,21,22). The number of hydrogen-bond acceptors (Lipinski definition) is 7. The lowest BCUT2D eigenvalue weighted by molar-refractivity contribution is 0.0757. The first-order valence-corrected chi connectivity index (χ1v) is 9.07. The van der Waals surface area contributed by atoms with Crippen LogP contribution in [0.4, 0.5) is 11.8 Å². The molecule has 1 aliphatic heterocycles. The Balaban J connectivity index is 1.50. The van der Waals surface area contributed by atoms with Gasteiger partial charge in [-0.15, -0.1) is 0 Å². The van der Waals surface area contributed by atoms with E-state index in [9.17, 15) is 4.79 Å². The smallest absolute Gasteiger partial charge is 0.272 e. The molecule has 0 atom stereocenters. The van der Waals surface area contributed by atoms with Gasteiger partial charge in [-0.2, -0.15) is 0 Å². The summed E-state index contributed by atoms with van der Waals surface area (Å²) in [6, 6.07) is 1.68. The molecule has 2 aromatic heterocycles. The fraction of sp³-hybridized carbons (Fsp3) is 0.500. The molecule has 8 nitrogen and oxygen atoms in total. The zero-order valence-corrected chi connectivity index (χ0v) is 14.9. The molecule has 3 heterocycles. The normalized spacial score (nSPS) is 16.7. The van der Waals surface area contributed by atoms with Crippen molar-refractivity contribution in [3.63, 3.8) is 0 Å². The summed E-state index contributed by atoms with van der Waals surface area (Å²) in [5.74, 6) is 1.70. The second kappa shape index (κ2) is 6.86. The van der Waals surface area contributed by atoms with Gasteiger partial charge in [0.15, 0.2) is 0 Å². The average molecular weight is 353 g/mol. The van der Waals surface area contributed by atoms with Crippen LogP contribution in [0, 0.1) is 12.8 Å². The quantitative estimate of drug-likeness (QED) is 0.850. The number of carbonyl (C=O) groups excluding carboxylic acids is 1. The molecule has 0 unspecified atom stereocenters. The SMILES string of the molecule is Cc1cc(C(=O)N2CCc3ncnc(NCC4CC4)c3CC2)nc(N)n1. The van der Waals surface area contributed by atoms with Crippen molar-refractivity contribution in [2.75, 3.05) is 30.7 Å². The summed E-state index contributed by atoms with van der Waals surface area (Å²) in [5, 5.41) is 3.46. The number of nitrogens with one attached hydrogen (secondary N) is 1. The molecule has 136 valence electrons. The van der Waals surface area contributed by atoms with Gasteiger partial charge in [-0.3, -0.25) is 4.79 Å². The van der Waals surface area contributed by atoms with Gasteiger partial charge < -0.3 is 16.0 Å². The topological polar surface area (TPSA) is 110 Å². The molecule has 1 aliphatic carbocycles. The van der Waals surface area contributed by atoms with Crippen molar-refractivity contribution in [1.82, 2.24) is 24.8 Å². The lowest BCUT2D eigenvalue weighted by Gasteiger charge is -2.19. The van der Waals surface area contributed by atoms with E-state index in [1.165, 1.54) is 12.8 Å². The Morgan fingerprint density at radius 3 is 2.85 bits per heavy atom. The Kier molecular flexibility index (Phi) is 4.40. The van der Waals surface area contributed by atoms with Crippen molar-refractivity contribution in [1.29, 1.82) is 0 Å². The van der Waals surface area contributed by atoms with E-state index in [1.807, 2.05) is 4.90 Å². The van der Waals surface area contributed by atoms with Gasteiger partial charge in [-0.05, 0) is 38.2 Å². The van der Waals surface area contributed by atoms with Gasteiger partial charge >= 0.3 is 0 Å². The second-order valence-electron chi connectivity index (χ2n) is 7.02. The number of aryl methyl sites for hydroxylation is 1. The monoisotopic (exact) mass is 353 g/mol. The van der Waals surface area contributed by atoms with Gasteiger partial charge in [-0.1, -0.05) is 0 Å². The van der Waals surface area contributed by atoms with Crippen LogP contribution in [-0.2, 0) is 12.8 Å². The van der Waals surface area contributed by atoms with Crippen molar-refractivity contribution in [2.24, 2.45) is 5.92 Å². The van der Waals surface area contributed by atoms with Gasteiger partial charge in [-0.25, -0.2) is 19.9 Å². The number of nitrogen functional groups attached to an aromatic ring is 1. The van der Waals surface area contributed by atoms with Gasteiger partial charge in [0.2, 0.25) is 5.95 Å². The zero-order valence-electron chi connectivity index (χ0n) is 14.9. The fourth-order valence-electron chi connectivity index (χ4n) is 3.31. The van der Waals surface area contributed by atoms with Crippen molar-refractivity contribution in [3.8, 4) is 0 Å². The predicted molar refractivity (Wildman–Crippen MR) is 97.7 cm³/mol. The molecule has 1 saturated carbocycles. The van der Waals surface area contributed by atoms with Crippen LogP contribution in [0.3, 0.4) is 0 Å². The number of hydrogen-bond donors (Lipinski definition) is 2. The number of aromatic nitrogens is 4. The van der Waals surface area contributed by atoms with E-state index in [1.54, 1.807) is 19.3 Å². The van der Waals surface area contributed by atoms with Crippen molar-refractivity contribution in [3.05, 3.63) is 35.0 Å². The highest BCUT2D eigenvalue weighted by molar-refractivity contribution is 5.92. The number of rotatable bonds is 4. The third-order valence-electron chi connectivity index (χ3n) is 4.92. The van der Waals surface area contributed by atoms with E-state index >= 15 is 0 Å². The summed E-state index contributed by atoms with van der Waals surface area (Å²) >= 11 is 0. The Morgan fingerprint density at radius 2 is 2.08 bits per heavy atom. The summed E-state index contributed by atoms with van der Waals surface area (Å²) in [5.41, 5.74) is 8.87. The number of nitrogens with two attached hydrogens (primary N) is 1. The van der Waals surface area contributed by atoms with Crippen LogP contribution >= 0.6 is 0 Å². The minimum absolute atomic E-state index is 0.115. The molecule has 2 aliphatic rings. The minimum Gasteiger partial charge on any atom is -0.369 e. The van der Waals surface area contributed by atoms with E-state index in [2.05, 4.69) is 25.3 Å². The van der Waals surface area contributed by atoms with Crippen molar-refractivity contribution < 1.29 is 4.79 Å². The van der Waals surface area contributed by atoms with E-state index in [4.69, 9.17) is 5.73 Å². The molecule has 4 rings (SSSR count). The van der Waals surface area contributed by atoms with Crippen LogP contribution in [-0.4, -0.2) is 50.4 Å². The molecule has 0 bridgehead atoms. The Bertz CT molecular complexity index is 814. The first kappa shape index (κ1) is 16.7. The lowest BCUT2D eigenvalue weighted by Crippen LogP contribution is -2.34. The second-order valence-corrected chi connectivity index (χ2v) is 7.02. The first-order valence-electron chi connectivity index (χ1n) is 9.07. The molecule has 26 heavy (non-hydrogen) atoms. The molecular weight excluding hydrogens is 330 g/mol. The van der Waals surface area contributed by atoms with Crippen LogP contribution in [0.2, 0.25) is 0 Å². The molecular formula is C18H23N7O. The minimum atomic E-state index is -0.115. The van der Waals surface area contributed by atoms with E-state index in [-0.39, 0.29) is 11.9 Å². The molecule has 0 aromatic carbocycles. The van der Waals surface area contributed by atoms with E-state index in [0.717, 1.165) is 36.0 Å². The Labute approximate surface area is 152 Å². The molecule has 2 aromatic rings. The molecule has 3 N–H and O–H groups in total. The highest BCUT2D eigenvalue weighted by Crippen LogP contribution is 2.29. The summed E-state index contributed by atoms with van der Waals surface area (Å²) in [6.07, 6.45) is 5.64. The van der Waals surface area contributed by atoms with Crippen LogP contribution < -0.4 is 11.1 Å². The number of amides is 1. The van der Waals surface area contributed by atoms with E-state index in [0.29, 0.717) is 30.9 Å². The van der Waals surface area contributed by atoms with Crippen LogP contribution in [0.15, 0.2) is 12.4 Å². The van der Waals surface area contributed by atoms with Gasteiger partial charge in [0.05, 0.1) is 5.69 Å². The summed E-state index contributed by atoms with van der Waals surface area (Å²) in [7, 11) is 0. The molecule has 8 heteroatoms. The number of anilines is 2. The van der Waals surface area contributed by atoms with E-state index < -0.39 is 0 Å². The summed E-state index contributed by atoms with van der Waals surface area (Å²) in [4.78, 5) is 31.7. The Hall–Kier alpha value is -2.77. The molecule has 1 amide bonds. The fourth-order valence-corrected chi connectivity index (χ4v) is 3.31. The summed E-state index contributed by atoms with van der Waals surface area (Å²) < 4.78 is 0. The number of fused-ring (bicyclic) bond motifs is 1. The highest BCUT2D eigenvalue weighted by atomic mass is 16.2. The maximum atomic E-state index is 12.8. The molecule has 1 fully saturated rings. The maximum Gasteiger partial charge on any atom is 0.272 e. The van der Waals surface area contributed by atoms with Crippen molar-refractivity contribution >= 4 is 17.7 Å². The maximum absolute atomic E-state index is 12.8. The third kappa shape index (κ3) is 3.58. The molecule has 0 radical (unpaired) electrons. The predicted octanol–water partition coefficient (Wildman–Crippen LogP) is 1.22. The third-order valence-corrected chi connectivity index (χ3v) is 4.92. The number of carbonyl (C=O) groups is 1. The summed E-state index contributed by atoms with van der Waals surface area (Å²) in [6.45, 7) is 3.99. The molecule has 0 spiro atoms. The van der Waals surface area contributed by atoms with Crippen LogP contribution in [0.25, 0.3) is 0 Å².